The van der Waals surface area contributed by atoms with Gasteiger partial charge in [0.1, 0.15) is 0 Å². The normalized spacial score (nSPS) is 10.1. The molecular weight excluding hydrogens is 248 g/mol. The van der Waals surface area contributed by atoms with Crippen LogP contribution < -0.4 is 11.1 Å². The number of anilines is 2. The monoisotopic (exact) mass is 268 g/mol. The van der Waals surface area contributed by atoms with E-state index in [1.165, 1.54) is 7.11 Å². The fourth-order valence-corrected chi connectivity index (χ4v) is 2.17. The number of hydrogen-bond donors (Lipinski definition) is 2. The molecule has 0 heterocycles. The number of esters is 1. The molecule has 4 nitrogen and oxygen atoms in total. The van der Waals surface area contributed by atoms with Gasteiger partial charge in [-0.1, -0.05) is 6.92 Å². The van der Waals surface area contributed by atoms with Crippen molar-refractivity contribution in [1.29, 1.82) is 0 Å². The molecule has 0 amide bonds. The summed E-state index contributed by atoms with van der Waals surface area (Å²) in [5.41, 5.74) is 7.50. The molecule has 1 aromatic carbocycles. The Kier molecular flexibility index (Phi) is 6.43. The van der Waals surface area contributed by atoms with Gasteiger partial charge >= 0.3 is 5.97 Å². The standard InChI is InChI=1S/C13H20N2O2S/c1-3-18-8-4-7-15-12-6-5-10(14)9-11(12)13(16)17-2/h5-6,9,15H,3-4,7-8,14H2,1-2H3. The number of methoxy groups -OCH3 is 1. The van der Waals surface area contributed by atoms with Gasteiger partial charge in [0.2, 0.25) is 0 Å². The van der Waals surface area contributed by atoms with E-state index in [4.69, 9.17) is 10.5 Å². The van der Waals surface area contributed by atoms with Gasteiger partial charge in [-0.3, -0.25) is 0 Å². The number of rotatable bonds is 7. The highest BCUT2D eigenvalue weighted by molar-refractivity contribution is 7.99. The molecule has 0 fully saturated rings. The molecule has 3 N–H and O–H groups in total. The highest BCUT2D eigenvalue weighted by Crippen LogP contribution is 2.20. The minimum Gasteiger partial charge on any atom is -0.465 e. The Bertz CT molecular complexity index is 397. The Labute approximate surface area is 112 Å². The molecule has 18 heavy (non-hydrogen) atoms. The summed E-state index contributed by atoms with van der Waals surface area (Å²) in [6.45, 7) is 2.98. The predicted octanol–water partition coefficient (Wildman–Crippen LogP) is 2.61. The quantitative estimate of drug-likeness (QED) is 0.452. The van der Waals surface area contributed by atoms with E-state index < -0.39 is 0 Å². The summed E-state index contributed by atoms with van der Waals surface area (Å²) in [5, 5.41) is 3.24. The van der Waals surface area contributed by atoms with Crippen molar-refractivity contribution in [2.24, 2.45) is 0 Å². The second-order valence-electron chi connectivity index (χ2n) is 3.77. The van der Waals surface area contributed by atoms with Crippen LogP contribution in [0.15, 0.2) is 18.2 Å². The van der Waals surface area contributed by atoms with Crippen LogP contribution in [0, 0.1) is 0 Å². The van der Waals surface area contributed by atoms with E-state index in [0.29, 0.717) is 11.3 Å². The molecule has 0 radical (unpaired) electrons. The molecule has 0 aliphatic heterocycles. The van der Waals surface area contributed by atoms with Gasteiger partial charge in [-0.2, -0.15) is 11.8 Å². The summed E-state index contributed by atoms with van der Waals surface area (Å²) in [4.78, 5) is 11.6. The van der Waals surface area contributed by atoms with Crippen molar-refractivity contribution in [2.45, 2.75) is 13.3 Å². The Morgan fingerprint density at radius 1 is 1.50 bits per heavy atom. The SMILES string of the molecule is CCSCCCNc1ccc(N)cc1C(=O)OC. The van der Waals surface area contributed by atoms with Gasteiger partial charge in [0, 0.05) is 17.9 Å². The second kappa shape index (κ2) is 7.87. The summed E-state index contributed by atoms with van der Waals surface area (Å²) in [5.74, 6) is 1.88. The molecule has 1 rings (SSSR count). The van der Waals surface area contributed by atoms with E-state index in [9.17, 15) is 4.79 Å². The number of hydrogen-bond acceptors (Lipinski definition) is 5. The lowest BCUT2D eigenvalue weighted by molar-refractivity contribution is 0.0602. The molecule has 1 aromatic rings. The third-order valence-electron chi connectivity index (χ3n) is 2.43. The van der Waals surface area contributed by atoms with Crippen LogP contribution in [0.4, 0.5) is 11.4 Å². The number of carbonyl (C=O) groups is 1. The third-order valence-corrected chi connectivity index (χ3v) is 3.42. The van der Waals surface area contributed by atoms with Crippen LogP contribution in [0.1, 0.15) is 23.7 Å². The molecule has 0 atom stereocenters. The molecule has 0 spiro atoms. The molecule has 0 saturated heterocycles. The van der Waals surface area contributed by atoms with Gasteiger partial charge in [0.05, 0.1) is 12.7 Å². The zero-order valence-corrected chi connectivity index (χ0v) is 11.7. The van der Waals surface area contributed by atoms with Crippen molar-refractivity contribution >= 4 is 29.1 Å². The van der Waals surface area contributed by atoms with Gasteiger partial charge in [0.25, 0.3) is 0 Å². The molecule has 0 aromatic heterocycles. The summed E-state index contributed by atoms with van der Waals surface area (Å²) < 4.78 is 4.74. The van der Waals surface area contributed by atoms with Crippen molar-refractivity contribution in [2.75, 3.05) is 36.2 Å². The third kappa shape index (κ3) is 4.49. The maximum Gasteiger partial charge on any atom is 0.340 e. The van der Waals surface area contributed by atoms with Crippen LogP contribution in [-0.2, 0) is 4.74 Å². The van der Waals surface area contributed by atoms with Crippen molar-refractivity contribution in [3.05, 3.63) is 23.8 Å². The van der Waals surface area contributed by atoms with Gasteiger partial charge in [-0.25, -0.2) is 4.79 Å². The van der Waals surface area contributed by atoms with Crippen molar-refractivity contribution in [1.82, 2.24) is 0 Å². The maximum absolute atomic E-state index is 11.6. The van der Waals surface area contributed by atoms with Crippen LogP contribution in [-0.4, -0.2) is 31.1 Å². The lowest BCUT2D eigenvalue weighted by Crippen LogP contribution is -2.10. The number of thioether (sulfide) groups is 1. The lowest BCUT2D eigenvalue weighted by atomic mass is 10.1. The van der Waals surface area contributed by atoms with Crippen molar-refractivity contribution < 1.29 is 9.53 Å². The van der Waals surface area contributed by atoms with Gasteiger partial charge in [-0.05, 0) is 36.1 Å². The zero-order chi connectivity index (χ0) is 13.4. The minimum absolute atomic E-state index is 0.368. The molecule has 0 saturated carbocycles. The summed E-state index contributed by atoms with van der Waals surface area (Å²) in [6, 6.07) is 5.22. The minimum atomic E-state index is -0.368. The predicted molar refractivity (Wildman–Crippen MR) is 78.3 cm³/mol. The number of ether oxygens (including phenoxy) is 1. The molecule has 0 aliphatic carbocycles. The Morgan fingerprint density at radius 2 is 2.28 bits per heavy atom. The topological polar surface area (TPSA) is 64.3 Å². The lowest BCUT2D eigenvalue weighted by Gasteiger charge is -2.11. The van der Waals surface area contributed by atoms with Crippen LogP contribution in [0.25, 0.3) is 0 Å². The molecule has 0 bridgehead atoms. The average molecular weight is 268 g/mol. The van der Waals surface area contributed by atoms with E-state index >= 15 is 0 Å². The molecule has 100 valence electrons. The van der Waals surface area contributed by atoms with Crippen LogP contribution in [0.5, 0.6) is 0 Å². The number of carbonyl (C=O) groups excluding carboxylic acids is 1. The van der Waals surface area contributed by atoms with E-state index in [1.54, 1.807) is 12.1 Å². The first-order valence-electron chi connectivity index (χ1n) is 5.98. The smallest absolute Gasteiger partial charge is 0.340 e. The highest BCUT2D eigenvalue weighted by Gasteiger charge is 2.11. The van der Waals surface area contributed by atoms with Gasteiger partial charge in [0.15, 0.2) is 0 Å². The summed E-state index contributed by atoms with van der Waals surface area (Å²) in [7, 11) is 1.37. The zero-order valence-electron chi connectivity index (χ0n) is 10.9. The average Bonchev–Trinajstić information content (AvgIpc) is 2.39. The molecule has 0 aliphatic rings. The summed E-state index contributed by atoms with van der Waals surface area (Å²) >= 11 is 1.91. The van der Waals surface area contributed by atoms with Crippen LogP contribution in [0.3, 0.4) is 0 Å². The van der Waals surface area contributed by atoms with E-state index in [2.05, 4.69) is 12.2 Å². The number of nitrogens with one attached hydrogen (secondary N) is 1. The second-order valence-corrected chi connectivity index (χ2v) is 5.17. The van der Waals surface area contributed by atoms with E-state index in [-0.39, 0.29) is 5.97 Å². The van der Waals surface area contributed by atoms with Gasteiger partial charge < -0.3 is 15.8 Å². The highest BCUT2D eigenvalue weighted by atomic mass is 32.2. The van der Waals surface area contributed by atoms with Crippen molar-refractivity contribution in [3.63, 3.8) is 0 Å². The number of benzene rings is 1. The van der Waals surface area contributed by atoms with E-state index in [1.807, 2.05) is 17.8 Å². The van der Waals surface area contributed by atoms with Crippen molar-refractivity contribution in [3.8, 4) is 0 Å². The molecule has 5 heteroatoms. The number of nitrogens with two attached hydrogens (primary N) is 1. The first-order chi connectivity index (χ1) is 8.69. The fourth-order valence-electron chi connectivity index (χ4n) is 1.54. The van der Waals surface area contributed by atoms with Gasteiger partial charge in [-0.15, -0.1) is 0 Å². The van der Waals surface area contributed by atoms with Crippen LogP contribution in [0.2, 0.25) is 0 Å². The molecule has 0 unspecified atom stereocenters. The molecular formula is C13H20N2O2S. The first-order valence-corrected chi connectivity index (χ1v) is 7.14. The maximum atomic E-state index is 11.6. The number of nitrogen functional groups attached to an aromatic ring is 1. The fraction of sp³-hybridized carbons (Fsp3) is 0.462. The first kappa shape index (κ1) is 14.7. The Morgan fingerprint density at radius 3 is 2.94 bits per heavy atom. The van der Waals surface area contributed by atoms with E-state index in [0.717, 1.165) is 30.2 Å². The Balaban J connectivity index is 2.61. The Hall–Kier alpha value is -1.36. The van der Waals surface area contributed by atoms with Crippen LogP contribution >= 0.6 is 11.8 Å². The summed E-state index contributed by atoms with van der Waals surface area (Å²) in [6.07, 6.45) is 1.06. The largest absolute Gasteiger partial charge is 0.465 e.